The van der Waals surface area contributed by atoms with Crippen LogP contribution in [0.1, 0.15) is 140 Å². The summed E-state index contributed by atoms with van der Waals surface area (Å²) in [6.07, 6.45) is -12.6. The number of ketones is 1. The normalized spacial score (nSPS) is 27.0. The van der Waals surface area contributed by atoms with Crippen molar-refractivity contribution in [3.63, 3.8) is 0 Å². The molecule has 446 valence electrons. The summed E-state index contributed by atoms with van der Waals surface area (Å²) in [4.78, 5) is 142. The number of carbonyl (C=O) groups excluding carboxylic acids is 9. The van der Waals surface area contributed by atoms with Crippen LogP contribution in [0, 0.1) is 28.6 Å². The van der Waals surface area contributed by atoms with Gasteiger partial charge < -0.3 is 54.0 Å². The van der Waals surface area contributed by atoms with E-state index in [-0.39, 0.29) is 58.9 Å². The first kappa shape index (κ1) is 62.8. The highest BCUT2D eigenvalue weighted by Gasteiger charge is 2.79. The average Bonchev–Trinajstić information content (AvgIpc) is 1.00. The van der Waals surface area contributed by atoms with Crippen LogP contribution < -0.4 is 10.6 Å². The zero-order chi connectivity index (χ0) is 60.9. The first-order valence-corrected chi connectivity index (χ1v) is 27.8. The zero-order valence-corrected chi connectivity index (χ0v) is 48.3. The van der Waals surface area contributed by atoms with Crippen molar-refractivity contribution in [2.24, 2.45) is 28.6 Å². The maximum Gasteiger partial charge on any atom is 0.350 e. The zero-order valence-electron chi connectivity index (χ0n) is 48.3. The molecule has 0 aromatic heterocycles. The average molecular weight is 1150 g/mol. The van der Waals surface area contributed by atoms with E-state index >= 15 is 9.59 Å². The molecule has 12 atom stereocenters. The highest BCUT2D eigenvalue weighted by molar-refractivity contribution is 5.98. The fourth-order valence-electron chi connectivity index (χ4n) is 12.3. The number of aliphatic carboxylic acids is 1. The predicted octanol–water partition coefficient (Wildman–Crippen LogP) is 6.28. The highest BCUT2D eigenvalue weighted by Crippen LogP contribution is 2.65. The molecule has 1 saturated heterocycles. The van der Waals surface area contributed by atoms with E-state index in [4.69, 9.17) is 33.2 Å². The van der Waals surface area contributed by atoms with Crippen molar-refractivity contribution >= 4 is 59.4 Å². The van der Waals surface area contributed by atoms with E-state index < -0.39 is 162 Å². The molecule has 3 fully saturated rings. The summed E-state index contributed by atoms with van der Waals surface area (Å²) in [5.74, 6) is -11.9. The predicted molar refractivity (Wildman–Crippen MR) is 293 cm³/mol. The second-order valence-electron chi connectivity index (χ2n) is 23.5. The Balaban J connectivity index is 1.43. The van der Waals surface area contributed by atoms with Crippen LogP contribution in [0.5, 0.6) is 0 Å². The third kappa shape index (κ3) is 13.1. The van der Waals surface area contributed by atoms with Gasteiger partial charge in [0.05, 0.1) is 23.5 Å². The smallest absolute Gasteiger partial charge is 0.350 e. The van der Waals surface area contributed by atoms with Gasteiger partial charge in [-0.15, -0.1) is 0 Å². The van der Waals surface area contributed by atoms with Gasteiger partial charge in [-0.05, 0) is 73.1 Å². The van der Waals surface area contributed by atoms with Gasteiger partial charge in [0.2, 0.25) is 12.0 Å². The number of Topliss-reactive ketones (excluding diaryl/α,β-unsaturated/α-hetero) is 1. The Hall–Kier alpha value is -7.78. The molecule has 1 heterocycles. The van der Waals surface area contributed by atoms with E-state index in [0.717, 1.165) is 13.8 Å². The second-order valence-corrected chi connectivity index (χ2v) is 23.5. The molecule has 0 radical (unpaired) electrons. The second kappa shape index (κ2) is 25.4. The molecule has 7 rings (SSSR count). The number of carboxylic acids is 1. The van der Waals surface area contributed by atoms with E-state index in [0.29, 0.717) is 0 Å². The van der Waals surface area contributed by atoms with Crippen LogP contribution in [0.3, 0.4) is 0 Å². The molecule has 0 spiro atoms. The lowest BCUT2D eigenvalue weighted by Crippen LogP contribution is -2.82. The van der Waals surface area contributed by atoms with Crippen molar-refractivity contribution < 1.29 is 91.3 Å². The topological polar surface area (TPSA) is 300 Å². The molecule has 2 bridgehead atoms. The lowest BCUT2D eigenvalue weighted by atomic mass is 9.44. The fraction of sp³-hybridized carbons (Fsp3) is 0.516. The number of hydrogen-bond donors (Lipinski definition) is 4. The molecule has 21 heteroatoms. The Morgan fingerprint density at radius 1 is 0.735 bits per heavy atom. The van der Waals surface area contributed by atoms with Crippen molar-refractivity contribution in [1.82, 2.24) is 10.6 Å². The summed E-state index contributed by atoms with van der Waals surface area (Å²) >= 11 is 0. The summed E-state index contributed by atoms with van der Waals surface area (Å²) in [6, 6.07) is 20.2. The number of ether oxygens (including phenoxy) is 7. The number of aliphatic hydroxyl groups is 1. The summed E-state index contributed by atoms with van der Waals surface area (Å²) in [5.41, 5.74) is -8.22. The summed E-state index contributed by atoms with van der Waals surface area (Å²) in [7, 11) is 0. The van der Waals surface area contributed by atoms with Crippen molar-refractivity contribution in [2.45, 2.75) is 168 Å². The number of carboxylic acid groups (broad SMARTS) is 1. The van der Waals surface area contributed by atoms with Gasteiger partial charge in [-0.3, -0.25) is 38.4 Å². The maximum atomic E-state index is 16.4. The number of hydrogen-bond acceptors (Lipinski definition) is 18. The first-order chi connectivity index (χ1) is 39.0. The molecule has 4 N–H and O–H groups in total. The SMILES string of the molecule is CC(=O)O[C@H]1C(=O)[C@]2(C)[C@@H](OC(=O)CC(C)C)C[C@H]3OC[C@@]3(OC(C)=O)[C@H]2[C@H](OC(=O)c2ccccc2)[C@]2(O)C[C@H](OC(=O)[C@H](OC(=O)CC(C)C)[C@@H](NC(=O)[C@@H](CCC(=O)O)NC(=O)c3ccccc3)c3ccccc3)C(C)=C1C2(C)C. The summed E-state index contributed by atoms with van der Waals surface area (Å²) in [6.45, 7) is 14.7. The van der Waals surface area contributed by atoms with E-state index in [9.17, 15) is 48.6 Å². The van der Waals surface area contributed by atoms with Gasteiger partial charge in [-0.1, -0.05) is 108 Å². The Labute approximate surface area is 481 Å². The Morgan fingerprint density at radius 2 is 1.31 bits per heavy atom. The number of fused-ring (bicyclic) bond motifs is 5. The van der Waals surface area contributed by atoms with Crippen LogP contribution in [-0.4, -0.2) is 130 Å². The minimum absolute atomic E-state index is 0.00364. The number of carbonyl (C=O) groups is 10. The van der Waals surface area contributed by atoms with Crippen LogP contribution in [-0.2, 0) is 71.5 Å². The Bertz CT molecular complexity index is 3000. The van der Waals surface area contributed by atoms with Gasteiger partial charge in [0.1, 0.15) is 42.1 Å². The molecule has 4 aliphatic rings. The minimum atomic E-state index is -2.58. The van der Waals surface area contributed by atoms with Gasteiger partial charge in [0.25, 0.3) is 5.91 Å². The highest BCUT2D eigenvalue weighted by atomic mass is 16.6. The quantitative estimate of drug-likeness (QED) is 0.0518. The van der Waals surface area contributed by atoms with Gasteiger partial charge in [0, 0.05) is 56.9 Å². The molecular weight excluding hydrogens is 1080 g/mol. The Morgan fingerprint density at radius 3 is 1.86 bits per heavy atom. The third-order valence-corrected chi connectivity index (χ3v) is 16.4. The van der Waals surface area contributed by atoms with Crippen LogP contribution >= 0.6 is 0 Å². The summed E-state index contributed by atoms with van der Waals surface area (Å²) < 4.78 is 43.7. The van der Waals surface area contributed by atoms with Crippen molar-refractivity contribution in [1.29, 1.82) is 0 Å². The first-order valence-electron chi connectivity index (χ1n) is 27.8. The Kier molecular flexibility index (Phi) is 19.2. The molecular formula is C62H74N2O19. The van der Waals surface area contributed by atoms with Gasteiger partial charge >= 0.3 is 41.8 Å². The number of benzene rings is 3. The lowest BCUT2D eigenvalue weighted by molar-refractivity contribution is -0.346. The van der Waals surface area contributed by atoms with Gasteiger partial charge in [0.15, 0.2) is 17.5 Å². The summed E-state index contributed by atoms with van der Waals surface area (Å²) in [5, 5.41) is 29.3. The number of esters is 6. The van der Waals surface area contributed by atoms with Crippen molar-refractivity contribution in [3.05, 3.63) is 119 Å². The fourth-order valence-corrected chi connectivity index (χ4v) is 12.3. The largest absolute Gasteiger partial charge is 0.481 e. The number of amides is 2. The third-order valence-electron chi connectivity index (χ3n) is 16.4. The van der Waals surface area contributed by atoms with E-state index in [1.54, 1.807) is 82.3 Å². The number of rotatable bonds is 21. The van der Waals surface area contributed by atoms with Crippen LogP contribution in [0.15, 0.2) is 102 Å². The van der Waals surface area contributed by atoms with Crippen LogP contribution in [0.25, 0.3) is 0 Å². The standard InChI is InChI=1S/C62H74N2O19/c1-33(2)28-46(69)80-43-30-44-61(32-77-44,83-37(7)66)52-54(82-57(74)40-24-18-13-19-25-40)62(76)31-42(35(5)48(59(62,8)9)50(78-36(6)65)53(71)60(43,52)10)79-58(75)51(81-47(70)29-34(3)4)49(38-20-14-11-15-21-38)64-56(73)41(26-27-45(67)68)63-55(72)39-22-16-12-17-23-39/h11-25,33-34,41-44,49-52,54,76H,26-32H2,1-10H3,(H,63,72)(H,64,73)(H,67,68)/t41-,42+,43+,44-,49+,50-,51-,52+,54+,60-,61+,62-/m1/s1. The molecule has 3 aromatic carbocycles. The molecule has 2 amide bonds. The molecule has 1 aliphatic heterocycles. The molecule has 0 unspecified atom stereocenters. The van der Waals surface area contributed by atoms with Crippen LogP contribution in [0.4, 0.5) is 0 Å². The van der Waals surface area contributed by atoms with Crippen molar-refractivity contribution in [3.8, 4) is 0 Å². The minimum Gasteiger partial charge on any atom is -0.481 e. The lowest BCUT2D eigenvalue weighted by Gasteiger charge is -2.67. The number of nitrogens with one attached hydrogen (secondary N) is 2. The monoisotopic (exact) mass is 1150 g/mol. The van der Waals surface area contributed by atoms with Crippen molar-refractivity contribution in [2.75, 3.05) is 6.61 Å². The molecule has 83 heavy (non-hydrogen) atoms. The maximum absolute atomic E-state index is 16.4. The molecule has 3 aromatic rings. The van der Waals surface area contributed by atoms with E-state index in [1.807, 2.05) is 0 Å². The molecule has 21 nitrogen and oxygen atoms in total. The van der Waals surface area contributed by atoms with Crippen LogP contribution in [0.2, 0.25) is 0 Å². The molecule has 3 aliphatic carbocycles. The van der Waals surface area contributed by atoms with E-state index in [2.05, 4.69) is 10.6 Å². The van der Waals surface area contributed by atoms with E-state index in [1.165, 1.54) is 64.1 Å². The van der Waals surface area contributed by atoms with Gasteiger partial charge in [-0.2, -0.15) is 0 Å². The van der Waals surface area contributed by atoms with Gasteiger partial charge in [-0.25, -0.2) is 9.59 Å². The molecule has 2 saturated carbocycles.